The van der Waals surface area contributed by atoms with Crippen molar-refractivity contribution in [3.63, 3.8) is 0 Å². The standard InChI is InChI=1S/C12H10N4O5/c1-21-11-9(16(19)20)10(13-6-14-11)15-8-4-2-7(3-5-8)12(17)18/h2-6H,1H3,(H,17,18)(H,13,14,15). The number of carboxylic acid groups (broad SMARTS) is 1. The molecule has 0 atom stereocenters. The van der Waals surface area contributed by atoms with Crippen molar-refractivity contribution in [1.82, 2.24) is 9.97 Å². The van der Waals surface area contributed by atoms with Gasteiger partial charge in [0, 0.05) is 5.69 Å². The molecule has 0 fully saturated rings. The molecule has 1 heterocycles. The fraction of sp³-hybridized carbons (Fsp3) is 0.0833. The highest BCUT2D eigenvalue weighted by Crippen LogP contribution is 2.32. The summed E-state index contributed by atoms with van der Waals surface area (Å²) in [6.07, 6.45) is 1.12. The molecule has 0 aliphatic heterocycles. The predicted molar refractivity (Wildman–Crippen MR) is 71.9 cm³/mol. The van der Waals surface area contributed by atoms with Crippen LogP contribution in [-0.2, 0) is 0 Å². The first-order valence-corrected chi connectivity index (χ1v) is 5.66. The number of nitrogens with one attached hydrogen (secondary N) is 1. The van der Waals surface area contributed by atoms with Gasteiger partial charge >= 0.3 is 11.7 Å². The molecule has 1 aromatic carbocycles. The molecule has 1 aromatic heterocycles. The lowest BCUT2D eigenvalue weighted by atomic mass is 10.2. The molecule has 108 valence electrons. The van der Waals surface area contributed by atoms with Gasteiger partial charge in [0.15, 0.2) is 0 Å². The van der Waals surface area contributed by atoms with E-state index in [0.717, 1.165) is 6.33 Å². The number of aromatic nitrogens is 2. The molecule has 0 spiro atoms. The van der Waals surface area contributed by atoms with Crippen molar-refractivity contribution in [2.45, 2.75) is 0 Å². The molecule has 2 N–H and O–H groups in total. The third-order valence-corrected chi connectivity index (χ3v) is 2.56. The number of carbonyl (C=O) groups is 1. The number of hydrogen-bond acceptors (Lipinski definition) is 7. The Morgan fingerprint density at radius 2 is 2.00 bits per heavy atom. The maximum absolute atomic E-state index is 11.1. The number of carboxylic acids is 1. The van der Waals surface area contributed by atoms with Crippen LogP contribution < -0.4 is 10.1 Å². The normalized spacial score (nSPS) is 9.95. The van der Waals surface area contributed by atoms with Crippen LogP contribution in [0.5, 0.6) is 5.88 Å². The van der Waals surface area contributed by atoms with Crippen molar-refractivity contribution in [2.24, 2.45) is 0 Å². The zero-order valence-electron chi connectivity index (χ0n) is 10.8. The molecule has 0 saturated carbocycles. The van der Waals surface area contributed by atoms with Gasteiger partial charge in [0.2, 0.25) is 5.82 Å². The summed E-state index contributed by atoms with van der Waals surface area (Å²) < 4.78 is 4.83. The average Bonchev–Trinajstić information content (AvgIpc) is 2.47. The Hall–Kier alpha value is -3.23. The number of methoxy groups -OCH3 is 1. The molecule has 0 saturated heterocycles. The molecule has 0 bridgehead atoms. The van der Waals surface area contributed by atoms with E-state index in [2.05, 4.69) is 15.3 Å². The molecule has 0 aliphatic rings. The lowest BCUT2D eigenvalue weighted by molar-refractivity contribution is -0.385. The minimum atomic E-state index is -1.06. The maximum Gasteiger partial charge on any atom is 0.373 e. The highest BCUT2D eigenvalue weighted by atomic mass is 16.6. The fourth-order valence-corrected chi connectivity index (χ4v) is 1.60. The van der Waals surface area contributed by atoms with E-state index in [4.69, 9.17) is 9.84 Å². The van der Waals surface area contributed by atoms with Crippen LogP contribution in [0.1, 0.15) is 10.4 Å². The van der Waals surface area contributed by atoms with Crippen molar-refractivity contribution >= 4 is 23.2 Å². The smallest absolute Gasteiger partial charge is 0.373 e. The van der Waals surface area contributed by atoms with Crippen molar-refractivity contribution in [3.05, 3.63) is 46.3 Å². The molecular weight excluding hydrogens is 280 g/mol. The van der Waals surface area contributed by atoms with E-state index in [-0.39, 0.29) is 17.3 Å². The highest BCUT2D eigenvalue weighted by Gasteiger charge is 2.23. The monoisotopic (exact) mass is 290 g/mol. The van der Waals surface area contributed by atoms with E-state index in [1.54, 1.807) is 0 Å². The van der Waals surface area contributed by atoms with Crippen LogP contribution in [0.3, 0.4) is 0 Å². The predicted octanol–water partition coefficient (Wildman–Crippen LogP) is 1.84. The van der Waals surface area contributed by atoms with Gasteiger partial charge in [0.05, 0.1) is 17.6 Å². The van der Waals surface area contributed by atoms with Gasteiger partial charge in [-0.25, -0.2) is 9.78 Å². The molecule has 9 heteroatoms. The number of benzene rings is 1. The van der Waals surface area contributed by atoms with Gasteiger partial charge in [-0.1, -0.05) is 0 Å². The van der Waals surface area contributed by atoms with E-state index >= 15 is 0 Å². The second-order valence-electron chi connectivity index (χ2n) is 3.84. The number of ether oxygens (including phenoxy) is 1. The summed E-state index contributed by atoms with van der Waals surface area (Å²) in [4.78, 5) is 28.6. The van der Waals surface area contributed by atoms with Crippen LogP contribution in [0.2, 0.25) is 0 Å². The molecule has 21 heavy (non-hydrogen) atoms. The van der Waals surface area contributed by atoms with Crippen LogP contribution >= 0.6 is 0 Å². The van der Waals surface area contributed by atoms with Gasteiger partial charge in [0.25, 0.3) is 5.88 Å². The summed E-state index contributed by atoms with van der Waals surface area (Å²) in [6.45, 7) is 0. The molecule has 9 nitrogen and oxygen atoms in total. The summed E-state index contributed by atoms with van der Waals surface area (Å²) in [5.74, 6) is -1.27. The van der Waals surface area contributed by atoms with E-state index in [9.17, 15) is 14.9 Å². The highest BCUT2D eigenvalue weighted by molar-refractivity contribution is 5.88. The Kier molecular flexibility index (Phi) is 3.93. The fourth-order valence-electron chi connectivity index (χ4n) is 1.60. The molecule has 2 rings (SSSR count). The SMILES string of the molecule is COc1ncnc(Nc2ccc(C(=O)O)cc2)c1[N+](=O)[O-]. The Morgan fingerprint density at radius 1 is 1.33 bits per heavy atom. The lowest BCUT2D eigenvalue weighted by Gasteiger charge is -2.07. The molecule has 0 amide bonds. The topological polar surface area (TPSA) is 127 Å². The first-order valence-electron chi connectivity index (χ1n) is 5.66. The molecule has 0 unspecified atom stereocenters. The maximum atomic E-state index is 11.1. The molecule has 0 aliphatic carbocycles. The number of hydrogen-bond donors (Lipinski definition) is 2. The van der Waals surface area contributed by atoms with Crippen LogP contribution in [0, 0.1) is 10.1 Å². The van der Waals surface area contributed by atoms with E-state index in [0.29, 0.717) is 5.69 Å². The summed E-state index contributed by atoms with van der Waals surface area (Å²) in [5.41, 5.74) is 0.154. The summed E-state index contributed by atoms with van der Waals surface area (Å²) >= 11 is 0. The first-order chi connectivity index (χ1) is 10.0. The van der Waals surface area contributed by atoms with Crippen LogP contribution in [-0.4, -0.2) is 33.1 Å². The number of nitrogens with zero attached hydrogens (tertiary/aromatic N) is 3. The van der Waals surface area contributed by atoms with Gasteiger partial charge in [-0.3, -0.25) is 10.1 Å². The van der Waals surface area contributed by atoms with Crippen molar-refractivity contribution in [1.29, 1.82) is 0 Å². The minimum Gasteiger partial charge on any atom is -0.478 e. The molecular formula is C12H10N4O5. The van der Waals surface area contributed by atoms with E-state index in [1.807, 2.05) is 0 Å². The summed E-state index contributed by atoms with van der Waals surface area (Å²) in [6, 6.07) is 5.69. The Balaban J connectivity index is 2.35. The van der Waals surface area contributed by atoms with Crippen molar-refractivity contribution < 1.29 is 19.6 Å². The van der Waals surface area contributed by atoms with E-state index in [1.165, 1.54) is 31.4 Å². The third-order valence-electron chi connectivity index (χ3n) is 2.56. The third kappa shape index (κ3) is 3.03. The minimum absolute atomic E-state index is 0.0464. The lowest BCUT2D eigenvalue weighted by Crippen LogP contribution is -2.04. The zero-order chi connectivity index (χ0) is 15.4. The first kappa shape index (κ1) is 14.2. The van der Waals surface area contributed by atoms with Crippen LogP contribution in [0.15, 0.2) is 30.6 Å². The van der Waals surface area contributed by atoms with Gasteiger partial charge < -0.3 is 15.2 Å². The van der Waals surface area contributed by atoms with Gasteiger partial charge in [-0.15, -0.1) is 0 Å². The number of anilines is 2. The average molecular weight is 290 g/mol. The Bertz CT molecular complexity index is 687. The Morgan fingerprint density at radius 3 is 2.52 bits per heavy atom. The van der Waals surface area contributed by atoms with Crippen molar-refractivity contribution in [2.75, 3.05) is 12.4 Å². The summed E-state index contributed by atoms with van der Waals surface area (Å²) in [7, 11) is 1.26. The number of nitro groups is 1. The quantitative estimate of drug-likeness (QED) is 0.630. The largest absolute Gasteiger partial charge is 0.478 e. The van der Waals surface area contributed by atoms with Crippen LogP contribution in [0.4, 0.5) is 17.2 Å². The van der Waals surface area contributed by atoms with Gasteiger partial charge in [-0.2, -0.15) is 4.98 Å². The molecule has 2 aromatic rings. The second-order valence-corrected chi connectivity index (χ2v) is 3.84. The number of aromatic carboxylic acids is 1. The van der Waals surface area contributed by atoms with Crippen LogP contribution in [0.25, 0.3) is 0 Å². The molecule has 0 radical (unpaired) electrons. The van der Waals surface area contributed by atoms with E-state index < -0.39 is 16.6 Å². The zero-order valence-corrected chi connectivity index (χ0v) is 10.8. The second kappa shape index (κ2) is 5.82. The van der Waals surface area contributed by atoms with Crippen molar-refractivity contribution in [3.8, 4) is 5.88 Å². The summed E-state index contributed by atoms with van der Waals surface area (Å²) in [5, 5.41) is 22.6. The van der Waals surface area contributed by atoms with Gasteiger partial charge in [-0.05, 0) is 24.3 Å². The van der Waals surface area contributed by atoms with Gasteiger partial charge in [0.1, 0.15) is 6.33 Å². The number of rotatable bonds is 5. The Labute approximate surface area is 118 Å².